The van der Waals surface area contributed by atoms with Crippen molar-refractivity contribution in [2.45, 2.75) is 59.2 Å². The molecule has 4 nitrogen and oxygen atoms in total. The Morgan fingerprint density at radius 2 is 1.69 bits per heavy atom. The average molecular weight is 435 g/mol. The fourth-order valence-electron chi connectivity index (χ4n) is 3.25. The van der Waals surface area contributed by atoms with Crippen molar-refractivity contribution in [3.05, 3.63) is 69.2 Å². The summed E-state index contributed by atoms with van der Waals surface area (Å²) < 4.78 is 0. The monoisotopic (exact) mass is 434 g/mol. The zero-order valence-corrected chi connectivity index (χ0v) is 18.8. The molecule has 0 aromatic heterocycles. The lowest BCUT2D eigenvalue weighted by atomic mass is 10.0. The van der Waals surface area contributed by atoms with Crippen LogP contribution in [0.4, 0.5) is 0 Å². The molecule has 2 amide bonds. The Balaban J connectivity index is 2.37. The lowest BCUT2D eigenvalue weighted by Crippen LogP contribution is -2.50. The van der Waals surface area contributed by atoms with Crippen LogP contribution >= 0.6 is 23.2 Å². The second-order valence-corrected chi connectivity index (χ2v) is 8.29. The van der Waals surface area contributed by atoms with Crippen molar-refractivity contribution in [3.8, 4) is 0 Å². The van der Waals surface area contributed by atoms with Crippen molar-refractivity contribution < 1.29 is 9.59 Å². The van der Waals surface area contributed by atoms with Crippen LogP contribution in [0.3, 0.4) is 0 Å². The number of aryl methyl sites for hydroxylation is 1. The number of carbonyl (C=O) groups is 2. The van der Waals surface area contributed by atoms with Crippen molar-refractivity contribution in [1.82, 2.24) is 10.2 Å². The highest BCUT2D eigenvalue weighted by molar-refractivity contribution is 6.36. The number of amides is 2. The number of rotatable bonds is 8. The first-order chi connectivity index (χ1) is 13.7. The molecule has 0 radical (unpaired) electrons. The van der Waals surface area contributed by atoms with E-state index in [2.05, 4.69) is 5.32 Å². The molecule has 1 N–H and O–H groups in total. The highest BCUT2D eigenvalue weighted by Gasteiger charge is 2.30. The molecule has 2 aromatic carbocycles. The number of carbonyl (C=O) groups excluding carboxylic acids is 2. The molecule has 0 aliphatic carbocycles. The summed E-state index contributed by atoms with van der Waals surface area (Å²) in [5.41, 5.74) is 2.63. The molecule has 0 bridgehead atoms. The highest BCUT2D eigenvalue weighted by atomic mass is 35.5. The fraction of sp³-hybridized carbons (Fsp3) is 0.391. The molecule has 0 heterocycles. The topological polar surface area (TPSA) is 49.4 Å². The van der Waals surface area contributed by atoms with Gasteiger partial charge in [0.1, 0.15) is 6.04 Å². The Labute approximate surface area is 183 Å². The van der Waals surface area contributed by atoms with Gasteiger partial charge in [-0.15, -0.1) is 0 Å². The molecule has 0 fully saturated rings. The van der Waals surface area contributed by atoms with E-state index in [1.165, 1.54) is 0 Å². The third kappa shape index (κ3) is 6.48. The van der Waals surface area contributed by atoms with Crippen molar-refractivity contribution in [2.75, 3.05) is 0 Å². The summed E-state index contributed by atoms with van der Waals surface area (Å²) in [7, 11) is 0. The molecule has 0 aliphatic rings. The molecule has 0 spiro atoms. The Morgan fingerprint density at radius 3 is 2.24 bits per heavy atom. The maximum absolute atomic E-state index is 13.3. The number of nitrogens with zero attached hydrogens (tertiary/aromatic N) is 1. The van der Waals surface area contributed by atoms with Gasteiger partial charge in [0.15, 0.2) is 0 Å². The summed E-state index contributed by atoms with van der Waals surface area (Å²) in [5.74, 6) is -0.319. The maximum Gasteiger partial charge on any atom is 0.243 e. The molecule has 0 aliphatic heterocycles. The molecular weight excluding hydrogens is 407 g/mol. The molecule has 0 unspecified atom stereocenters. The Hall–Kier alpha value is -2.04. The molecule has 0 saturated heterocycles. The largest absolute Gasteiger partial charge is 0.352 e. The van der Waals surface area contributed by atoms with Gasteiger partial charge < -0.3 is 10.2 Å². The molecule has 1 atom stereocenters. The van der Waals surface area contributed by atoms with E-state index < -0.39 is 6.04 Å². The van der Waals surface area contributed by atoms with E-state index >= 15 is 0 Å². The number of hydrogen-bond donors (Lipinski definition) is 1. The first kappa shape index (κ1) is 23.2. The first-order valence-corrected chi connectivity index (χ1v) is 10.6. The predicted octanol–water partition coefficient (Wildman–Crippen LogP) is 5.18. The van der Waals surface area contributed by atoms with Crippen LogP contribution in [0.5, 0.6) is 0 Å². The minimum Gasteiger partial charge on any atom is -0.352 e. The zero-order valence-electron chi connectivity index (χ0n) is 17.3. The van der Waals surface area contributed by atoms with E-state index in [-0.39, 0.29) is 30.8 Å². The van der Waals surface area contributed by atoms with Crippen LogP contribution < -0.4 is 5.32 Å². The lowest BCUT2D eigenvalue weighted by Gasteiger charge is -2.32. The maximum atomic E-state index is 13.3. The molecule has 156 valence electrons. The Bertz CT molecular complexity index is 847. The third-order valence-electron chi connectivity index (χ3n) is 4.64. The van der Waals surface area contributed by atoms with Gasteiger partial charge in [0, 0.05) is 28.2 Å². The van der Waals surface area contributed by atoms with E-state index in [1.807, 2.05) is 52.0 Å². The number of benzene rings is 2. The van der Waals surface area contributed by atoms with E-state index in [0.29, 0.717) is 22.0 Å². The lowest BCUT2D eigenvalue weighted by molar-refractivity contribution is -0.141. The van der Waals surface area contributed by atoms with Crippen LogP contribution in [0, 0.1) is 6.92 Å². The first-order valence-electron chi connectivity index (χ1n) is 9.81. The van der Waals surface area contributed by atoms with Gasteiger partial charge in [-0.05, 0) is 44.9 Å². The van der Waals surface area contributed by atoms with Gasteiger partial charge >= 0.3 is 0 Å². The summed E-state index contributed by atoms with van der Waals surface area (Å²) in [6.07, 6.45) is 0.690. The molecule has 2 rings (SSSR count). The Kier molecular flexibility index (Phi) is 8.54. The van der Waals surface area contributed by atoms with E-state index in [9.17, 15) is 9.59 Å². The standard InChI is InChI=1S/C23H28Cl2N2O2/c1-5-21(23(29)26-15(2)3)27(14-18-19(24)10-7-11-20(18)25)22(28)13-17-9-6-8-16(4)12-17/h6-12,15,21H,5,13-14H2,1-4H3,(H,26,29)/t21-/m1/s1. The van der Waals surface area contributed by atoms with Crippen molar-refractivity contribution in [1.29, 1.82) is 0 Å². The van der Waals surface area contributed by atoms with Crippen molar-refractivity contribution in [2.24, 2.45) is 0 Å². The SMILES string of the molecule is CC[C@H](C(=O)NC(C)C)N(Cc1c(Cl)cccc1Cl)C(=O)Cc1cccc(C)c1. The van der Waals surface area contributed by atoms with Gasteiger partial charge in [-0.1, -0.05) is 66.0 Å². The predicted molar refractivity (Wildman–Crippen MR) is 119 cm³/mol. The van der Waals surface area contributed by atoms with Crippen molar-refractivity contribution in [3.63, 3.8) is 0 Å². The minimum absolute atomic E-state index is 0.0193. The molecular formula is C23H28Cl2N2O2. The summed E-state index contributed by atoms with van der Waals surface area (Å²) in [6, 6.07) is 12.4. The third-order valence-corrected chi connectivity index (χ3v) is 5.35. The Morgan fingerprint density at radius 1 is 1.07 bits per heavy atom. The smallest absolute Gasteiger partial charge is 0.243 e. The molecule has 2 aromatic rings. The average Bonchev–Trinajstić information content (AvgIpc) is 2.63. The quantitative estimate of drug-likeness (QED) is 0.622. The van der Waals surface area contributed by atoms with E-state index in [0.717, 1.165) is 11.1 Å². The summed E-state index contributed by atoms with van der Waals surface area (Å²) in [5, 5.41) is 3.87. The summed E-state index contributed by atoms with van der Waals surface area (Å²) >= 11 is 12.7. The van der Waals surface area contributed by atoms with E-state index in [1.54, 1.807) is 23.1 Å². The minimum atomic E-state index is -0.609. The second kappa shape index (κ2) is 10.7. The van der Waals surface area contributed by atoms with Gasteiger partial charge in [-0.2, -0.15) is 0 Å². The van der Waals surface area contributed by atoms with Gasteiger partial charge in [0.25, 0.3) is 0 Å². The van der Waals surface area contributed by atoms with Gasteiger partial charge in [-0.3, -0.25) is 9.59 Å². The van der Waals surface area contributed by atoms with E-state index in [4.69, 9.17) is 23.2 Å². The van der Waals surface area contributed by atoms with Crippen LogP contribution in [0.1, 0.15) is 43.9 Å². The van der Waals surface area contributed by atoms with Crippen LogP contribution in [-0.2, 0) is 22.6 Å². The number of hydrogen-bond acceptors (Lipinski definition) is 2. The number of nitrogens with one attached hydrogen (secondary N) is 1. The summed E-state index contributed by atoms with van der Waals surface area (Å²) in [6.45, 7) is 7.85. The second-order valence-electron chi connectivity index (χ2n) is 7.48. The van der Waals surface area contributed by atoms with Gasteiger partial charge in [-0.25, -0.2) is 0 Å². The fourth-order valence-corrected chi connectivity index (χ4v) is 3.77. The van der Waals surface area contributed by atoms with Crippen LogP contribution in [0.25, 0.3) is 0 Å². The van der Waals surface area contributed by atoms with Crippen LogP contribution in [0.2, 0.25) is 10.0 Å². The summed E-state index contributed by atoms with van der Waals surface area (Å²) in [4.78, 5) is 27.7. The normalized spacial score (nSPS) is 12.0. The molecule has 0 saturated carbocycles. The van der Waals surface area contributed by atoms with Gasteiger partial charge in [0.05, 0.1) is 6.42 Å². The highest BCUT2D eigenvalue weighted by Crippen LogP contribution is 2.27. The molecule has 6 heteroatoms. The zero-order chi connectivity index (χ0) is 21.6. The number of halogens is 2. The van der Waals surface area contributed by atoms with Gasteiger partial charge in [0.2, 0.25) is 11.8 Å². The molecule has 29 heavy (non-hydrogen) atoms. The van der Waals surface area contributed by atoms with Crippen molar-refractivity contribution >= 4 is 35.0 Å². The van der Waals surface area contributed by atoms with Crippen LogP contribution in [0.15, 0.2) is 42.5 Å². The van der Waals surface area contributed by atoms with Crippen LogP contribution in [-0.4, -0.2) is 28.8 Å².